The van der Waals surface area contributed by atoms with Crippen molar-refractivity contribution in [2.45, 2.75) is 26.2 Å². The van der Waals surface area contributed by atoms with Crippen molar-refractivity contribution in [3.8, 4) is 0 Å². The number of hydrogen-bond acceptors (Lipinski definition) is 1. The number of carbonyl (C=O) groups is 1. The molecule has 1 aromatic carbocycles. The van der Waals surface area contributed by atoms with Gasteiger partial charge >= 0.3 is 0 Å². The van der Waals surface area contributed by atoms with Crippen LogP contribution in [-0.4, -0.2) is 12.5 Å². The maximum atomic E-state index is 12.1. The second-order valence-corrected chi connectivity index (χ2v) is 5.63. The van der Waals surface area contributed by atoms with Gasteiger partial charge in [-0.05, 0) is 49.8 Å². The first-order chi connectivity index (χ1) is 8.68. The van der Waals surface area contributed by atoms with Crippen LogP contribution in [0, 0.1) is 12.8 Å². The Labute approximate surface area is 117 Å². The Morgan fingerprint density at radius 3 is 3.00 bits per heavy atom. The molecular formula is C15H18BrNO. The summed E-state index contributed by atoms with van der Waals surface area (Å²) in [6, 6.07) is 5.73. The Balaban J connectivity index is 1.95. The third-order valence-corrected chi connectivity index (χ3v) is 4.30. The minimum absolute atomic E-state index is 0.0309. The van der Waals surface area contributed by atoms with Gasteiger partial charge in [-0.1, -0.05) is 34.1 Å². The molecule has 96 valence electrons. The van der Waals surface area contributed by atoms with E-state index in [-0.39, 0.29) is 5.91 Å². The van der Waals surface area contributed by atoms with Gasteiger partial charge in [-0.25, -0.2) is 0 Å². The first-order valence-corrected chi connectivity index (χ1v) is 7.16. The minimum atomic E-state index is 0.0309. The van der Waals surface area contributed by atoms with Crippen molar-refractivity contribution in [1.82, 2.24) is 5.32 Å². The van der Waals surface area contributed by atoms with Crippen molar-refractivity contribution in [2.75, 3.05) is 6.54 Å². The molecule has 0 radical (unpaired) electrons. The lowest BCUT2D eigenvalue weighted by Crippen LogP contribution is -2.30. The van der Waals surface area contributed by atoms with E-state index in [0.29, 0.717) is 5.92 Å². The van der Waals surface area contributed by atoms with Gasteiger partial charge in [0.2, 0.25) is 0 Å². The van der Waals surface area contributed by atoms with Gasteiger partial charge in [0.05, 0.1) is 0 Å². The van der Waals surface area contributed by atoms with E-state index >= 15 is 0 Å². The van der Waals surface area contributed by atoms with E-state index in [1.165, 1.54) is 6.42 Å². The predicted molar refractivity (Wildman–Crippen MR) is 77.7 cm³/mol. The average Bonchev–Trinajstić information content (AvgIpc) is 2.40. The predicted octanol–water partition coefficient (Wildman–Crippen LogP) is 3.84. The fraction of sp³-hybridized carbons (Fsp3) is 0.400. The van der Waals surface area contributed by atoms with E-state index in [1.54, 1.807) is 0 Å². The van der Waals surface area contributed by atoms with Crippen molar-refractivity contribution in [2.24, 2.45) is 5.92 Å². The van der Waals surface area contributed by atoms with E-state index in [1.807, 2.05) is 25.1 Å². The van der Waals surface area contributed by atoms with E-state index in [9.17, 15) is 4.79 Å². The number of amides is 1. The normalized spacial score (nSPS) is 18.7. The maximum Gasteiger partial charge on any atom is 0.251 e. The van der Waals surface area contributed by atoms with Crippen LogP contribution in [0.5, 0.6) is 0 Å². The largest absolute Gasteiger partial charge is 0.352 e. The molecule has 1 atom stereocenters. The van der Waals surface area contributed by atoms with E-state index in [2.05, 4.69) is 33.4 Å². The van der Waals surface area contributed by atoms with Crippen LogP contribution < -0.4 is 5.32 Å². The first kappa shape index (κ1) is 13.3. The fourth-order valence-corrected chi connectivity index (χ4v) is 2.59. The minimum Gasteiger partial charge on any atom is -0.352 e. The number of carbonyl (C=O) groups excluding carboxylic acids is 1. The van der Waals surface area contributed by atoms with Crippen molar-refractivity contribution in [3.63, 3.8) is 0 Å². The van der Waals surface area contributed by atoms with Crippen molar-refractivity contribution >= 4 is 21.8 Å². The topological polar surface area (TPSA) is 29.1 Å². The molecular weight excluding hydrogens is 290 g/mol. The molecule has 2 nitrogen and oxygen atoms in total. The fourth-order valence-electron chi connectivity index (χ4n) is 2.23. The number of halogens is 1. The summed E-state index contributed by atoms with van der Waals surface area (Å²) in [7, 11) is 0. The number of benzene rings is 1. The Morgan fingerprint density at radius 1 is 1.44 bits per heavy atom. The molecule has 1 aliphatic carbocycles. The quantitative estimate of drug-likeness (QED) is 0.845. The highest BCUT2D eigenvalue weighted by atomic mass is 79.9. The highest BCUT2D eigenvalue weighted by molar-refractivity contribution is 9.10. The van der Waals surface area contributed by atoms with Gasteiger partial charge in [0.15, 0.2) is 0 Å². The molecule has 2 rings (SSSR count). The molecule has 1 N–H and O–H groups in total. The van der Waals surface area contributed by atoms with Gasteiger partial charge < -0.3 is 5.32 Å². The summed E-state index contributed by atoms with van der Waals surface area (Å²) in [6.45, 7) is 2.73. The molecule has 0 aromatic heterocycles. The summed E-state index contributed by atoms with van der Waals surface area (Å²) in [6.07, 6.45) is 7.82. The third-order valence-electron chi connectivity index (χ3n) is 3.44. The van der Waals surface area contributed by atoms with Crippen LogP contribution >= 0.6 is 15.9 Å². The second kappa shape index (κ2) is 6.19. The molecule has 0 fully saturated rings. The van der Waals surface area contributed by atoms with Crippen molar-refractivity contribution < 1.29 is 4.79 Å². The lowest BCUT2D eigenvalue weighted by atomic mass is 9.94. The molecule has 1 amide bonds. The summed E-state index contributed by atoms with van der Waals surface area (Å²) in [5.74, 6) is 0.620. The zero-order valence-electron chi connectivity index (χ0n) is 10.6. The number of allylic oxidation sites excluding steroid dienone is 2. The van der Waals surface area contributed by atoms with Crippen LogP contribution in [0.1, 0.15) is 35.2 Å². The number of nitrogens with one attached hydrogen (secondary N) is 1. The SMILES string of the molecule is Cc1c(Br)cccc1C(=O)NCC1CC=CCC1. The average molecular weight is 308 g/mol. The summed E-state index contributed by atoms with van der Waals surface area (Å²) >= 11 is 3.45. The van der Waals surface area contributed by atoms with Gasteiger partial charge in [-0.2, -0.15) is 0 Å². The molecule has 0 spiro atoms. The van der Waals surface area contributed by atoms with Gasteiger partial charge in [0, 0.05) is 16.6 Å². The summed E-state index contributed by atoms with van der Waals surface area (Å²) in [4.78, 5) is 12.1. The lowest BCUT2D eigenvalue weighted by Gasteiger charge is -2.18. The van der Waals surface area contributed by atoms with Crippen molar-refractivity contribution in [3.05, 3.63) is 46.0 Å². The van der Waals surface area contributed by atoms with Gasteiger partial charge in [0.1, 0.15) is 0 Å². The van der Waals surface area contributed by atoms with Crippen LogP contribution in [-0.2, 0) is 0 Å². The van der Waals surface area contributed by atoms with Gasteiger partial charge in [0.25, 0.3) is 5.91 Å². The zero-order chi connectivity index (χ0) is 13.0. The molecule has 0 bridgehead atoms. The summed E-state index contributed by atoms with van der Waals surface area (Å²) in [5, 5.41) is 3.04. The molecule has 18 heavy (non-hydrogen) atoms. The smallest absolute Gasteiger partial charge is 0.251 e. The van der Waals surface area contributed by atoms with Crippen LogP contribution in [0.4, 0.5) is 0 Å². The number of rotatable bonds is 3. The van der Waals surface area contributed by atoms with E-state index in [0.717, 1.165) is 35.0 Å². The molecule has 1 unspecified atom stereocenters. The molecule has 0 saturated carbocycles. The Hall–Kier alpha value is -1.09. The van der Waals surface area contributed by atoms with Crippen LogP contribution in [0.3, 0.4) is 0 Å². The van der Waals surface area contributed by atoms with Crippen LogP contribution in [0.15, 0.2) is 34.8 Å². The summed E-state index contributed by atoms with van der Waals surface area (Å²) < 4.78 is 0.982. The number of hydrogen-bond donors (Lipinski definition) is 1. The molecule has 1 aromatic rings. The Morgan fingerprint density at radius 2 is 2.28 bits per heavy atom. The maximum absolute atomic E-state index is 12.1. The Kier molecular flexibility index (Phi) is 4.59. The van der Waals surface area contributed by atoms with E-state index in [4.69, 9.17) is 0 Å². The zero-order valence-corrected chi connectivity index (χ0v) is 12.2. The van der Waals surface area contributed by atoms with Crippen LogP contribution in [0.2, 0.25) is 0 Å². The second-order valence-electron chi connectivity index (χ2n) is 4.77. The van der Waals surface area contributed by atoms with E-state index < -0.39 is 0 Å². The highest BCUT2D eigenvalue weighted by Gasteiger charge is 2.14. The first-order valence-electron chi connectivity index (χ1n) is 6.37. The standard InChI is InChI=1S/C15H18BrNO/c1-11-13(8-5-9-14(11)16)15(18)17-10-12-6-3-2-4-7-12/h2-3,5,8-9,12H,4,6-7,10H2,1H3,(H,17,18). The molecule has 0 saturated heterocycles. The van der Waals surface area contributed by atoms with Gasteiger partial charge in [-0.15, -0.1) is 0 Å². The Bertz CT molecular complexity index is 468. The molecule has 1 aliphatic rings. The van der Waals surface area contributed by atoms with Crippen molar-refractivity contribution in [1.29, 1.82) is 0 Å². The molecule has 0 aliphatic heterocycles. The lowest BCUT2D eigenvalue weighted by molar-refractivity contribution is 0.0945. The molecule has 3 heteroatoms. The monoisotopic (exact) mass is 307 g/mol. The van der Waals surface area contributed by atoms with Crippen LogP contribution in [0.25, 0.3) is 0 Å². The van der Waals surface area contributed by atoms with Gasteiger partial charge in [-0.3, -0.25) is 4.79 Å². The molecule has 0 heterocycles. The highest BCUT2D eigenvalue weighted by Crippen LogP contribution is 2.20. The third kappa shape index (κ3) is 3.22. The summed E-state index contributed by atoms with van der Waals surface area (Å²) in [5.41, 5.74) is 1.76.